The molecular formula is C20H19N5O3. The van der Waals surface area contributed by atoms with Crippen LogP contribution in [0.4, 0.5) is 5.69 Å². The number of hydrogen-bond acceptors (Lipinski definition) is 5. The van der Waals surface area contributed by atoms with E-state index in [1.807, 2.05) is 39.8 Å². The van der Waals surface area contributed by atoms with Crippen LogP contribution in [0.25, 0.3) is 0 Å². The summed E-state index contributed by atoms with van der Waals surface area (Å²) < 4.78 is 6.92. The van der Waals surface area contributed by atoms with Gasteiger partial charge in [0.15, 0.2) is 0 Å². The Balaban J connectivity index is 1.32. The molecule has 142 valence electrons. The van der Waals surface area contributed by atoms with E-state index in [0.717, 1.165) is 11.5 Å². The fourth-order valence-corrected chi connectivity index (χ4v) is 4.14. The number of carbonyl (C=O) groups is 2. The fraction of sp³-hybridized carbons (Fsp3) is 0.300. The number of likely N-dealkylation sites (tertiary alicyclic amines) is 1. The lowest BCUT2D eigenvalue weighted by atomic mass is 9.89. The van der Waals surface area contributed by atoms with Gasteiger partial charge < -0.3 is 19.2 Å². The van der Waals surface area contributed by atoms with Crippen molar-refractivity contribution in [3.63, 3.8) is 0 Å². The summed E-state index contributed by atoms with van der Waals surface area (Å²) in [4.78, 5) is 27.1. The first-order chi connectivity index (χ1) is 13.7. The predicted molar refractivity (Wildman–Crippen MR) is 99.7 cm³/mol. The van der Waals surface area contributed by atoms with E-state index in [2.05, 4.69) is 15.5 Å². The van der Waals surface area contributed by atoms with Crippen LogP contribution in [0, 0.1) is 11.8 Å². The summed E-state index contributed by atoms with van der Waals surface area (Å²) in [5, 5.41) is 11.2. The third-order valence-corrected chi connectivity index (χ3v) is 5.56. The maximum Gasteiger partial charge on any atom is 0.293 e. The largest absolute Gasteiger partial charge is 0.472 e. The van der Waals surface area contributed by atoms with Gasteiger partial charge in [-0.25, -0.2) is 0 Å². The molecule has 5 rings (SSSR count). The molecule has 1 fully saturated rings. The number of carbonyl (C=O) groups excluding carboxylic acids is 2. The van der Waals surface area contributed by atoms with Gasteiger partial charge in [0.25, 0.3) is 11.8 Å². The molecule has 0 aliphatic carbocycles. The van der Waals surface area contributed by atoms with Crippen LogP contribution in [-0.2, 0) is 13.0 Å². The third kappa shape index (κ3) is 2.87. The summed E-state index contributed by atoms with van der Waals surface area (Å²) in [5.41, 5.74) is 1.29. The summed E-state index contributed by atoms with van der Waals surface area (Å²) in [6.45, 7) is 1.98. The van der Waals surface area contributed by atoms with Crippen LogP contribution in [0.3, 0.4) is 0 Å². The number of fused-ring (bicyclic) bond motifs is 2. The second-order valence-corrected chi connectivity index (χ2v) is 7.32. The van der Waals surface area contributed by atoms with E-state index in [1.54, 1.807) is 6.07 Å². The van der Waals surface area contributed by atoms with E-state index < -0.39 is 0 Å². The fourth-order valence-electron chi connectivity index (χ4n) is 4.14. The van der Waals surface area contributed by atoms with Crippen molar-refractivity contribution in [3.05, 3.63) is 66.1 Å². The van der Waals surface area contributed by atoms with E-state index in [4.69, 9.17) is 4.42 Å². The Hall–Kier alpha value is -3.42. The zero-order valence-corrected chi connectivity index (χ0v) is 15.1. The molecule has 2 atom stereocenters. The smallest absolute Gasteiger partial charge is 0.293 e. The first kappa shape index (κ1) is 16.7. The Morgan fingerprint density at radius 2 is 1.86 bits per heavy atom. The molecule has 8 heteroatoms. The van der Waals surface area contributed by atoms with Crippen molar-refractivity contribution in [3.8, 4) is 0 Å². The van der Waals surface area contributed by atoms with Crippen molar-refractivity contribution < 1.29 is 14.0 Å². The molecule has 2 aromatic heterocycles. The molecule has 0 bridgehead atoms. The molecule has 0 unspecified atom stereocenters. The lowest BCUT2D eigenvalue weighted by molar-refractivity contribution is 0.0782. The molecule has 28 heavy (non-hydrogen) atoms. The average Bonchev–Trinajstić information content (AvgIpc) is 3.45. The van der Waals surface area contributed by atoms with Gasteiger partial charge in [0.2, 0.25) is 5.82 Å². The number of rotatable bonds is 3. The number of nitrogens with one attached hydrogen (secondary N) is 1. The van der Waals surface area contributed by atoms with Crippen LogP contribution < -0.4 is 5.32 Å². The average molecular weight is 377 g/mol. The van der Waals surface area contributed by atoms with Gasteiger partial charge >= 0.3 is 0 Å². The zero-order valence-electron chi connectivity index (χ0n) is 15.1. The quantitative estimate of drug-likeness (QED) is 0.754. The highest BCUT2D eigenvalue weighted by molar-refractivity contribution is 6.01. The van der Waals surface area contributed by atoms with Crippen molar-refractivity contribution in [2.45, 2.75) is 13.0 Å². The van der Waals surface area contributed by atoms with Crippen LogP contribution >= 0.6 is 0 Å². The maximum atomic E-state index is 12.7. The summed E-state index contributed by atoms with van der Waals surface area (Å²) in [6, 6.07) is 11.0. The Morgan fingerprint density at radius 1 is 1.04 bits per heavy atom. The molecule has 2 aliphatic rings. The molecule has 2 amide bonds. The number of para-hydroxylation sites is 1. The van der Waals surface area contributed by atoms with Gasteiger partial charge in [-0.15, -0.1) is 10.2 Å². The van der Waals surface area contributed by atoms with Gasteiger partial charge in [0.05, 0.1) is 11.8 Å². The SMILES string of the molecule is O=C(Nc1ccccc1)c1nnc2n1C[C@@H]1CN(C(=O)c3ccoc3)C[C@H]1C2. The summed E-state index contributed by atoms with van der Waals surface area (Å²) in [7, 11) is 0. The standard InChI is InChI=1S/C20H19N5O3/c26-19(21-16-4-2-1-3-5-16)18-23-22-17-8-14-9-24(10-15(14)11-25(17)18)20(27)13-6-7-28-12-13/h1-7,12,14-15H,8-11H2,(H,21,26)/t14-,15+/m1/s1. The van der Waals surface area contributed by atoms with Crippen molar-refractivity contribution in [1.29, 1.82) is 0 Å². The first-order valence-electron chi connectivity index (χ1n) is 9.29. The van der Waals surface area contributed by atoms with E-state index >= 15 is 0 Å². The first-order valence-corrected chi connectivity index (χ1v) is 9.29. The van der Waals surface area contributed by atoms with Crippen LogP contribution in [0.1, 0.15) is 26.8 Å². The van der Waals surface area contributed by atoms with Crippen LogP contribution in [0.2, 0.25) is 0 Å². The summed E-state index contributed by atoms with van der Waals surface area (Å²) >= 11 is 0. The third-order valence-electron chi connectivity index (χ3n) is 5.56. The van der Waals surface area contributed by atoms with Gasteiger partial charge in [-0.05, 0) is 30.0 Å². The molecular weight excluding hydrogens is 358 g/mol. The van der Waals surface area contributed by atoms with Gasteiger partial charge in [0.1, 0.15) is 12.1 Å². The highest BCUT2D eigenvalue weighted by Gasteiger charge is 2.41. The lowest BCUT2D eigenvalue weighted by Gasteiger charge is -2.25. The van der Waals surface area contributed by atoms with Crippen molar-refractivity contribution >= 4 is 17.5 Å². The minimum absolute atomic E-state index is 0.0130. The number of furan rings is 1. The van der Waals surface area contributed by atoms with E-state index in [9.17, 15) is 9.59 Å². The lowest BCUT2D eigenvalue weighted by Crippen LogP contribution is -2.31. The molecule has 8 nitrogen and oxygen atoms in total. The normalized spacial score (nSPS) is 20.5. The van der Waals surface area contributed by atoms with E-state index in [1.165, 1.54) is 12.5 Å². The highest BCUT2D eigenvalue weighted by Crippen LogP contribution is 2.33. The van der Waals surface area contributed by atoms with Gasteiger partial charge in [0, 0.05) is 31.7 Å². The predicted octanol–water partition coefficient (Wildman–Crippen LogP) is 2.07. The number of benzene rings is 1. The van der Waals surface area contributed by atoms with Crippen LogP contribution in [0.5, 0.6) is 0 Å². The van der Waals surface area contributed by atoms with Crippen molar-refractivity contribution in [2.75, 3.05) is 18.4 Å². The van der Waals surface area contributed by atoms with Gasteiger partial charge in [-0.2, -0.15) is 0 Å². The molecule has 1 N–H and O–H groups in total. The van der Waals surface area contributed by atoms with Crippen molar-refractivity contribution in [2.24, 2.45) is 11.8 Å². The van der Waals surface area contributed by atoms with E-state index in [0.29, 0.717) is 43.4 Å². The van der Waals surface area contributed by atoms with E-state index in [-0.39, 0.29) is 17.7 Å². The molecule has 2 aliphatic heterocycles. The van der Waals surface area contributed by atoms with Gasteiger partial charge in [-0.3, -0.25) is 9.59 Å². The number of hydrogen-bond donors (Lipinski definition) is 1. The monoisotopic (exact) mass is 377 g/mol. The Kier molecular flexibility index (Phi) is 3.96. The Labute approximate surface area is 161 Å². The molecule has 1 saturated heterocycles. The van der Waals surface area contributed by atoms with Crippen LogP contribution in [-0.4, -0.2) is 44.6 Å². The van der Waals surface area contributed by atoms with Gasteiger partial charge in [-0.1, -0.05) is 18.2 Å². The second-order valence-electron chi connectivity index (χ2n) is 7.32. The Morgan fingerprint density at radius 3 is 2.64 bits per heavy atom. The minimum Gasteiger partial charge on any atom is -0.472 e. The maximum absolute atomic E-state index is 12.7. The topological polar surface area (TPSA) is 93.3 Å². The molecule has 4 heterocycles. The molecule has 0 saturated carbocycles. The molecule has 1 aromatic carbocycles. The molecule has 3 aromatic rings. The minimum atomic E-state index is -0.271. The van der Waals surface area contributed by atoms with Crippen molar-refractivity contribution in [1.82, 2.24) is 19.7 Å². The molecule has 0 spiro atoms. The number of anilines is 1. The summed E-state index contributed by atoms with van der Waals surface area (Å²) in [5.74, 6) is 1.45. The second kappa shape index (κ2) is 6.63. The number of amides is 2. The summed E-state index contributed by atoms with van der Waals surface area (Å²) in [6.07, 6.45) is 3.70. The molecule has 0 radical (unpaired) electrons. The number of nitrogens with zero attached hydrogens (tertiary/aromatic N) is 4. The number of aromatic nitrogens is 3. The highest BCUT2D eigenvalue weighted by atomic mass is 16.3. The Bertz CT molecular complexity index is 1010. The zero-order chi connectivity index (χ0) is 19.1. The van der Waals surface area contributed by atoms with Crippen LogP contribution in [0.15, 0.2) is 53.3 Å².